The molecule has 0 aliphatic rings. The first kappa shape index (κ1) is 13.9. The van der Waals surface area contributed by atoms with Gasteiger partial charge in [-0.3, -0.25) is 4.79 Å². The summed E-state index contributed by atoms with van der Waals surface area (Å²) in [4.78, 5) is 17.5. The Morgan fingerprint density at radius 3 is 2.95 bits per heavy atom. The van der Waals surface area contributed by atoms with Crippen molar-refractivity contribution in [3.8, 4) is 5.88 Å². The Morgan fingerprint density at radius 2 is 2.30 bits per heavy atom. The number of hydrogen-bond donors (Lipinski definition) is 1. The van der Waals surface area contributed by atoms with Crippen LogP contribution in [0, 0.1) is 0 Å². The Bertz CT molecular complexity index is 595. The largest absolute Gasteiger partial charge is 0.474 e. The van der Waals surface area contributed by atoms with E-state index >= 15 is 0 Å². The molecule has 0 saturated carbocycles. The van der Waals surface area contributed by atoms with Crippen LogP contribution in [-0.4, -0.2) is 37.2 Å². The summed E-state index contributed by atoms with van der Waals surface area (Å²) in [7, 11) is 1.66. The molecule has 1 amide bonds. The predicted molar refractivity (Wildman–Crippen MR) is 70.0 cm³/mol. The van der Waals surface area contributed by atoms with Gasteiger partial charge in [0.25, 0.3) is 5.91 Å². The van der Waals surface area contributed by atoms with Crippen LogP contribution in [0.15, 0.2) is 18.3 Å². The fourth-order valence-electron chi connectivity index (χ4n) is 1.53. The Morgan fingerprint density at radius 1 is 1.50 bits per heavy atom. The molecular weight excluding hydrogens is 260 g/mol. The molecule has 0 bridgehead atoms. The monoisotopic (exact) mass is 276 g/mol. The van der Waals surface area contributed by atoms with E-state index in [1.807, 2.05) is 13.8 Å². The number of nitrogens with zero attached hydrogens (tertiary/aromatic N) is 5. The van der Waals surface area contributed by atoms with Crippen molar-refractivity contribution in [2.24, 2.45) is 7.05 Å². The van der Waals surface area contributed by atoms with Gasteiger partial charge in [0.15, 0.2) is 5.82 Å². The lowest BCUT2D eigenvalue weighted by Crippen LogP contribution is -2.25. The average molecular weight is 276 g/mol. The standard InChI is InChI=1S/C12H16N6O2/c1-8(2)20-12-9(5-4-6-13-12)11(19)14-7-10-15-17-18(3)16-10/h4-6,8H,7H2,1-3H3,(H,14,19). The van der Waals surface area contributed by atoms with Crippen LogP contribution in [0.1, 0.15) is 30.0 Å². The number of tetrazole rings is 1. The van der Waals surface area contributed by atoms with E-state index in [9.17, 15) is 4.79 Å². The lowest BCUT2D eigenvalue weighted by molar-refractivity contribution is 0.0942. The van der Waals surface area contributed by atoms with Crippen LogP contribution in [0.2, 0.25) is 0 Å². The molecule has 0 aliphatic carbocycles. The molecule has 0 aliphatic heterocycles. The van der Waals surface area contributed by atoms with Crippen molar-refractivity contribution in [3.63, 3.8) is 0 Å². The third-order valence-electron chi connectivity index (χ3n) is 2.32. The molecule has 8 nitrogen and oxygen atoms in total. The minimum absolute atomic E-state index is 0.0573. The first-order chi connectivity index (χ1) is 9.56. The molecule has 2 heterocycles. The molecule has 2 aromatic rings. The van der Waals surface area contributed by atoms with E-state index in [1.165, 1.54) is 4.80 Å². The minimum atomic E-state index is -0.291. The van der Waals surface area contributed by atoms with Crippen LogP contribution in [-0.2, 0) is 13.6 Å². The SMILES string of the molecule is CC(C)Oc1ncccc1C(=O)NCc1nnn(C)n1. The number of aryl methyl sites for hydroxylation is 1. The molecule has 0 spiro atoms. The highest BCUT2D eigenvalue weighted by Crippen LogP contribution is 2.15. The van der Waals surface area contributed by atoms with Crippen LogP contribution in [0.25, 0.3) is 0 Å². The number of carbonyl (C=O) groups excluding carboxylic acids is 1. The molecule has 1 N–H and O–H groups in total. The van der Waals surface area contributed by atoms with Gasteiger partial charge in [0, 0.05) is 6.20 Å². The van der Waals surface area contributed by atoms with E-state index in [4.69, 9.17) is 4.74 Å². The molecule has 0 radical (unpaired) electrons. The Hall–Kier alpha value is -2.51. The third-order valence-corrected chi connectivity index (χ3v) is 2.32. The van der Waals surface area contributed by atoms with E-state index in [0.29, 0.717) is 17.3 Å². The summed E-state index contributed by atoms with van der Waals surface area (Å²) in [6.07, 6.45) is 1.52. The summed E-state index contributed by atoms with van der Waals surface area (Å²) >= 11 is 0. The van der Waals surface area contributed by atoms with Gasteiger partial charge < -0.3 is 10.1 Å². The highest BCUT2D eigenvalue weighted by Gasteiger charge is 2.15. The molecule has 2 rings (SSSR count). The number of pyridine rings is 1. The van der Waals surface area contributed by atoms with Gasteiger partial charge in [-0.1, -0.05) is 0 Å². The molecule has 0 fully saturated rings. The molecule has 20 heavy (non-hydrogen) atoms. The second-order valence-corrected chi connectivity index (χ2v) is 4.40. The van der Waals surface area contributed by atoms with Gasteiger partial charge in [0.2, 0.25) is 5.88 Å². The summed E-state index contributed by atoms with van der Waals surface area (Å²) in [6, 6.07) is 3.34. The molecular formula is C12H16N6O2. The zero-order chi connectivity index (χ0) is 14.5. The number of aromatic nitrogens is 5. The van der Waals surface area contributed by atoms with Gasteiger partial charge in [-0.2, -0.15) is 4.80 Å². The van der Waals surface area contributed by atoms with Crippen molar-refractivity contribution < 1.29 is 9.53 Å². The van der Waals surface area contributed by atoms with Crippen molar-refractivity contribution in [3.05, 3.63) is 29.7 Å². The average Bonchev–Trinajstić information content (AvgIpc) is 2.82. The van der Waals surface area contributed by atoms with Gasteiger partial charge in [-0.05, 0) is 31.2 Å². The van der Waals surface area contributed by atoms with Gasteiger partial charge in [0.05, 0.1) is 19.7 Å². The molecule has 8 heteroatoms. The Kier molecular flexibility index (Phi) is 4.24. The molecule has 0 aromatic carbocycles. The summed E-state index contributed by atoms with van der Waals surface area (Å²) < 4.78 is 5.50. The normalized spacial score (nSPS) is 10.6. The van der Waals surface area contributed by atoms with Gasteiger partial charge in [0.1, 0.15) is 5.56 Å². The number of amides is 1. The van der Waals surface area contributed by atoms with Crippen LogP contribution in [0.3, 0.4) is 0 Å². The van der Waals surface area contributed by atoms with E-state index in [2.05, 4.69) is 25.7 Å². The van der Waals surface area contributed by atoms with Crippen molar-refractivity contribution >= 4 is 5.91 Å². The number of nitrogens with one attached hydrogen (secondary N) is 1. The van der Waals surface area contributed by atoms with E-state index < -0.39 is 0 Å². The number of hydrogen-bond acceptors (Lipinski definition) is 6. The minimum Gasteiger partial charge on any atom is -0.474 e. The zero-order valence-electron chi connectivity index (χ0n) is 11.6. The summed E-state index contributed by atoms with van der Waals surface area (Å²) in [5.74, 6) is 0.462. The Balaban J connectivity index is 2.05. The van der Waals surface area contributed by atoms with Crippen molar-refractivity contribution in [1.82, 2.24) is 30.5 Å². The van der Waals surface area contributed by atoms with Gasteiger partial charge in [-0.25, -0.2) is 4.98 Å². The van der Waals surface area contributed by atoms with E-state index in [0.717, 1.165) is 0 Å². The Labute approximate surface area is 116 Å². The predicted octanol–water partition coefficient (Wildman–Crippen LogP) is 0.322. The zero-order valence-corrected chi connectivity index (χ0v) is 11.6. The lowest BCUT2D eigenvalue weighted by atomic mass is 10.2. The first-order valence-electron chi connectivity index (χ1n) is 6.19. The van der Waals surface area contributed by atoms with Crippen molar-refractivity contribution in [2.75, 3.05) is 0 Å². The lowest BCUT2D eigenvalue weighted by Gasteiger charge is -2.12. The number of ether oxygens (including phenoxy) is 1. The van der Waals surface area contributed by atoms with E-state index in [1.54, 1.807) is 25.4 Å². The number of carbonyl (C=O) groups is 1. The van der Waals surface area contributed by atoms with Crippen LogP contribution in [0.5, 0.6) is 5.88 Å². The summed E-state index contributed by atoms with van der Waals surface area (Å²) in [5, 5.41) is 14.2. The quantitative estimate of drug-likeness (QED) is 0.845. The second kappa shape index (κ2) is 6.09. The van der Waals surface area contributed by atoms with Gasteiger partial charge in [-0.15, -0.1) is 10.2 Å². The maximum atomic E-state index is 12.1. The molecule has 0 saturated heterocycles. The fourth-order valence-corrected chi connectivity index (χ4v) is 1.53. The van der Waals surface area contributed by atoms with Crippen molar-refractivity contribution in [2.45, 2.75) is 26.5 Å². The van der Waals surface area contributed by atoms with Crippen LogP contribution < -0.4 is 10.1 Å². The van der Waals surface area contributed by atoms with Crippen molar-refractivity contribution in [1.29, 1.82) is 0 Å². The van der Waals surface area contributed by atoms with E-state index in [-0.39, 0.29) is 18.6 Å². The van der Waals surface area contributed by atoms with Crippen LogP contribution in [0.4, 0.5) is 0 Å². The highest BCUT2D eigenvalue weighted by molar-refractivity contribution is 5.96. The second-order valence-electron chi connectivity index (χ2n) is 4.40. The summed E-state index contributed by atoms with van der Waals surface area (Å²) in [5.41, 5.74) is 0.380. The first-order valence-corrected chi connectivity index (χ1v) is 6.19. The van der Waals surface area contributed by atoms with Gasteiger partial charge >= 0.3 is 0 Å². The molecule has 0 atom stereocenters. The molecule has 0 unspecified atom stereocenters. The maximum Gasteiger partial charge on any atom is 0.257 e. The number of rotatable bonds is 5. The third kappa shape index (κ3) is 3.50. The van der Waals surface area contributed by atoms with Crippen LogP contribution >= 0.6 is 0 Å². The summed E-state index contributed by atoms with van der Waals surface area (Å²) in [6.45, 7) is 3.95. The topological polar surface area (TPSA) is 94.8 Å². The maximum absolute atomic E-state index is 12.1. The molecule has 106 valence electrons. The smallest absolute Gasteiger partial charge is 0.257 e. The highest BCUT2D eigenvalue weighted by atomic mass is 16.5. The fraction of sp³-hybridized carbons (Fsp3) is 0.417. The molecule has 2 aromatic heterocycles.